The Morgan fingerprint density at radius 2 is 1.46 bits per heavy atom. The first-order valence-electron chi connectivity index (χ1n) is 10.1. The zero-order valence-corrected chi connectivity index (χ0v) is 16.7. The Kier molecular flexibility index (Phi) is 4.61. The van der Waals surface area contributed by atoms with Crippen LogP contribution < -0.4 is 15.5 Å². The first-order chi connectivity index (χ1) is 12.2. The summed E-state index contributed by atoms with van der Waals surface area (Å²) in [6, 6.07) is 9.49. The van der Waals surface area contributed by atoms with Crippen LogP contribution in [0.2, 0.25) is 0 Å². The molecular formula is C21H32BNO3. The van der Waals surface area contributed by atoms with Crippen molar-refractivity contribution >= 4 is 12.6 Å². The zero-order valence-electron chi connectivity index (χ0n) is 16.7. The maximum absolute atomic E-state index is 6.30. The maximum atomic E-state index is 6.30. The van der Waals surface area contributed by atoms with Crippen LogP contribution in [0.5, 0.6) is 5.75 Å². The van der Waals surface area contributed by atoms with Crippen LogP contribution in [0.15, 0.2) is 24.3 Å². The zero-order chi connectivity index (χ0) is 18.5. The molecule has 0 aliphatic carbocycles. The van der Waals surface area contributed by atoms with Crippen LogP contribution in [-0.4, -0.2) is 36.5 Å². The summed E-state index contributed by atoms with van der Waals surface area (Å²) in [5, 5.41) is 3.75. The van der Waals surface area contributed by atoms with Crippen LogP contribution in [0, 0.1) is 5.92 Å². The van der Waals surface area contributed by atoms with Gasteiger partial charge in [0, 0.05) is 12.1 Å². The van der Waals surface area contributed by atoms with Crippen LogP contribution in [0.1, 0.15) is 60.3 Å². The first-order valence-corrected chi connectivity index (χ1v) is 10.1. The molecule has 26 heavy (non-hydrogen) atoms. The van der Waals surface area contributed by atoms with Gasteiger partial charge in [0.15, 0.2) is 0 Å². The molecule has 3 aliphatic heterocycles. The third-order valence-electron chi connectivity index (χ3n) is 6.65. The molecule has 0 amide bonds. The van der Waals surface area contributed by atoms with Crippen LogP contribution >= 0.6 is 0 Å². The molecule has 0 aromatic heterocycles. The lowest BCUT2D eigenvalue weighted by atomic mass is 9.79. The molecule has 3 saturated heterocycles. The van der Waals surface area contributed by atoms with E-state index in [9.17, 15) is 0 Å². The van der Waals surface area contributed by atoms with Gasteiger partial charge in [0.25, 0.3) is 0 Å². The molecule has 0 spiro atoms. The Morgan fingerprint density at radius 3 is 2.00 bits per heavy atom. The van der Waals surface area contributed by atoms with Crippen molar-refractivity contribution < 1.29 is 14.0 Å². The van der Waals surface area contributed by atoms with E-state index in [4.69, 9.17) is 14.0 Å². The molecule has 4 atom stereocenters. The highest BCUT2D eigenvalue weighted by molar-refractivity contribution is 6.62. The Labute approximate surface area is 158 Å². The minimum atomic E-state index is -0.311. The number of hydrogen-bond donors (Lipinski definition) is 1. The van der Waals surface area contributed by atoms with E-state index in [0.29, 0.717) is 18.2 Å². The van der Waals surface area contributed by atoms with Gasteiger partial charge < -0.3 is 19.4 Å². The van der Waals surface area contributed by atoms with E-state index in [2.05, 4.69) is 64.2 Å². The average molecular weight is 357 g/mol. The van der Waals surface area contributed by atoms with E-state index in [-0.39, 0.29) is 18.3 Å². The maximum Gasteiger partial charge on any atom is 0.494 e. The van der Waals surface area contributed by atoms with Crippen molar-refractivity contribution in [1.29, 1.82) is 0 Å². The number of benzene rings is 1. The molecule has 3 aliphatic rings. The number of ether oxygens (including phenoxy) is 1. The highest BCUT2D eigenvalue weighted by Gasteiger charge is 2.51. The van der Waals surface area contributed by atoms with Gasteiger partial charge in [-0.3, -0.25) is 0 Å². The highest BCUT2D eigenvalue weighted by atomic mass is 16.7. The number of nitrogens with one attached hydrogen (secondary N) is 1. The summed E-state index contributed by atoms with van der Waals surface area (Å²) in [4.78, 5) is 0. The standard InChI is InChI=1S/C21H32BNO3/c1-14-10-16-12-19(13-17(11-14)23-16)24-18-8-6-15(7-9-18)22-25-20(2,3)21(4,5)26-22/h6-9,14,16-17,19,23H,10-13H2,1-5H3/t14?,16-,17+,19+. The summed E-state index contributed by atoms with van der Waals surface area (Å²) >= 11 is 0. The number of rotatable bonds is 3. The quantitative estimate of drug-likeness (QED) is 0.843. The minimum absolute atomic E-state index is 0.309. The van der Waals surface area contributed by atoms with Crippen molar-refractivity contribution in [3.05, 3.63) is 24.3 Å². The van der Waals surface area contributed by atoms with Crippen molar-refractivity contribution in [3.8, 4) is 5.75 Å². The number of hydrogen-bond acceptors (Lipinski definition) is 4. The van der Waals surface area contributed by atoms with Gasteiger partial charge in [0.05, 0.1) is 11.2 Å². The number of fused-ring (bicyclic) bond motifs is 2. The third-order valence-corrected chi connectivity index (χ3v) is 6.65. The molecule has 142 valence electrons. The van der Waals surface area contributed by atoms with Crippen molar-refractivity contribution in [1.82, 2.24) is 5.32 Å². The lowest BCUT2D eigenvalue weighted by molar-refractivity contribution is 0.00578. The number of piperidine rings is 2. The summed E-state index contributed by atoms with van der Waals surface area (Å²) in [5.74, 6) is 1.79. The second kappa shape index (κ2) is 6.54. The van der Waals surface area contributed by atoms with Crippen molar-refractivity contribution in [2.75, 3.05) is 0 Å². The van der Waals surface area contributed by atoms with E-state index < -0.39 is 0 Å². The summed E-state index contributed by atoms with van der Waals surface area (Å²) < 4.78 is 18.6. The third kappa shape index (κ3) is 3.54. The predicted molar refractivity (Wildman–Crippen MR) is 105 cm³/mol. The summed E-state index contributed by atoms with van der Waals surface area (Å²) in [7, 11) is -0.311. The fourth-order valence-corrected chi connectivity index (χ4v) is 4.57. The van der Waals surface area contributed by atoms with Gasteiger partial charge in [-0.05, 0) is 76.9 Å². The SMILES string of the molecule is CC1C[C@@H]2C[C@H](Oc3ccc(B4OC(C)(C)C(C)(C)O4)cc3)C[C@H](C1)N2. The molecule has 1 aromatic rings. The van der Waals surface area contributed by atoms with Gasteiger partial charge in [-0.25, -0.2) is 0 Å². The minimum Gasteiger partial charge on any atom is -0.490 e. The molecule has 1 aromatic carbocycles. The Balaban J connectivity index is 1.38. The average Bonchev–Trinajstić information content (AvgIpc) is 2.75. The molecule has 5 heteroatoms. The van der Waals surface area contributed by atoms with Crippen molar-refractivity contribution in [2.24, 2.45) is 5.92 Å². The molecule has 2 bridgehead atoms. The predicted octanol–water partition coefficient (Wildman–Crippen LogP) is 3.28. The molecule has 3 heterocycles. The molecule has 3 fully saturated rings. The topological polar surface area (TPSA) is 39.7 Å². The van der Waals surface area contributed by atoms with Gasteiger partial charge in [-0.2, -0.15) is 0 Å². The van der Waals surface area contributed by atoms with Gasteiger partial charge in [0.2, 0.25) is 0 Å². The van der Waals surface area contributed by atoms with E-state index >= 15 is 0 Å². The Hall–Kier alpha value is -1.04. The highest BCUT2D eigenvalue weighted by Crippen LogP contribution is 2.36. The fourth-order valence-electron chi connectivity index (χ4n) is 4.57. The Bertz CT molecular complexity index is 611. The van der Waals surface area contributed by atoms with E-state index in [1.807, 2.05) is 0 Å². The van der Waals surface area contributed by atoms with Gasteiger partial charge >= 0.3 is 7.12 Å². The van der Waals surface area contributed by atoms with E-state index in [1.54, 1.807) is 0 Å². The normalized spacial score (nSPS) is 35.3. The smallest absolute Gasteiger partial charge is 0.490 e. The first kappa shape index (κ1) is 18.3. The van der Waals surface area contributed by atoms with E-state index in [1.165, 1.54) is 12.8 Å². The monoisotopic (exact) mass is 357 g/mol. The molecule has 0 saturated carbocycles. The molecule has 4 rings (SSSR count). The van der Waals surface area contributed by atoms with Crippen LogP contribution in [0.25, 0.3) is 0 Å². The largest absolute Gasteiger partial charge is 0.494 e. The molecule has 4 nitrogen and oxygen atoms in total. The lowest BCUT2D eigenvalue weighted by Crippen LogP contribution is -2.53. The fraction of sp³-hybridized carbons (Fsp3) is 0.714. The van der Waals surface area contributed by atoms with Crippen LogP contribution in [0.4, 0.5) is 0 Å². The summed E-state index contributed by atoms with van der Waals surface area (Å²) in [6.45, 7) is 10.7. The van der Waals surface area contributed by atoms with Crippen molar-refractivity contribution in [3.63, 3.8) is 0 Å². The molecule has 1 unspecified atom stereocenters. The van der Waals surface area contributed by atoms with Crippen LogP contribution in [0.3, 0.4) is 0 Å². The lowest BCUT2D eigenvalue weighted by Gasteiger charge is -2.42. The van der Waals surface area contributed by atoms with Crippen molar-refractivity contribution in [2.45, 2.75) is 89.7 Å². The summed E-state index contributed by atoms with van der Waals surface area (Å²) in [6.07, 6.45) is 5.09. The summed E-state index contributed by atoms with van der Waals surface area (Å²) in [5.41, 5.74) is 0.431. The van der Waals surface area contributed by atoms with Crippen LogP contribution in [-0.2, 0) is 9.31 Å². The van der Waals surface area contributed by atoms with Gasteiger partial charge in [0.1, 0.15) is 11.9 Å². The van der Waals surface area contributed by atoms with Gasteiger partial charge in [-0.1, -0.05) is 19.1 Å². The van der Waals surface area contributed by atoms with Gasteiger partial charge in [-0.15, -0.1) is 0 Å². The second-order valence-electron chi connectivity index (χ2n) is 9.51. The molecule has 0 radical (unpaired) electrons. The van der Waals surface area contributed by atoms with E-state index in [0.717, 1.165) is 30.0 Å². The Morgan fingerprint density at radius 1 is 0.923 bits per heavy atom. The molecular weight excluding hydrogens is 325 g/mol. The second-order valence-corrected chi connectivity index (χ2v) is 9.51. The molecule has 1 N–H and O–H groups in total.